The van der Waals surface area contributed by atoms with Crippen LogP contribution >= 0.6 is 11.3 Å². The standard InChI is InChI=1S/C20H17NO4S2/c1-25-18-7-5-17(6-8-18)21-27(23,24)19-9-3-16(4-10-19)20(22)11-2-15-12-13-26-14-15/h2-14,21H,1H3. The lowest BCUT2D eigenvalue weighted by Crippen LogP contribution is -2.13. The summed E-state index contributed by atoms with van der Waals surface area (Å²) in [4.78, 5) is 12.3. The molecule has 5 nitrogen and oxygen atoms in total. The highest BCUT2D eigenvalue weighted by Crippen LogP contribution is 2.20. The number of hydrogen-bond acceptors (Lipinski definition) is 5. The van der Waals surface area contributed by atoms with E-state index in [0.717, 1.165) is 5.56 Å². The van der Waals surface area contributed by atoms with Gasteiger partial charge in [-0.15, -0.1) is 0 Å². The van der Waals surface area contributed by atoms with Crippen LogP contribution in [-0.2, 0) is 10.0 Å². The van der Waals surface area contributed by atoms with Gasteiger partial charge in [-0.3, -0.25) is 9.52 Å². The maximum absolute atomic E-state index is 12.5. The second kappa shape index (κ2) is 8.20. The zero-order valence-corrected chi connectivity index (χ0v) is 16.1. The number of ether oxygens (including phenoxy) is 1. The SMILES string of the molecule is COc1ccc(NS(=O)(=O)c2ccc(C(=O)C=Cc3ccsc3)cc2)cc1. The van der Waals surface area contributed by atoms with Crippen molar-refractivity contribution in [2.75, 3.05) is 11.8 Å². The summed E-state index contributed by atoms with van der Waals surface area (Å²) in [6.45, 7) is 0. The highest BCUT2D eigenvalue weighted by Gasteiger charge is 2.15. The third kappa shape index (κ3) is 4.84. The van der Waals surface area contributed by atoms with Crippen LogP contribution in [0.25, 0.3) is 6.08 Å². The number of nitrogens with one attached hydrogen (secondary N) is 1. The van der Waals surface area contributed by atoms with Crippen molar-refractivity contribution >= 4 is 38.9 Å². The van der Waals surface area contributed by atoms with E-state index in [9.17, 15) is 13.2 Å². The molecule has 2 aromatic carbocycles. The Labute approximate surface area is 162 Å². The zero-order chi connectivity index (χ0) is 19.3. The zero-order valence-electron chi connectivity index (χ0n) is 14.5. The quantitative estimate of drug-likeness (QED) is 0.470. The Balaban J connectivity index is 1.72. The molecule has 0 saturated heterocycles. The molecule has 1 N–H and O–H groups in total. The van der Waals surface area contributed by atoms with E-state index in [4.69, 9.17) is 4.74 Å². The number of hydrogen-bond donors (Lipinski definition) is 1. The number of ketones is 1. The summed E-state index contributed by atoms with van der Waals surface area (Å²) >= 11 is 1.55. The van der Waals surface area contributed by atoms with Crippen molar-refractivity contribution in [3.05, 3.63) is 82.6 Å². The van der Waals surface area contributed by atoms with Gasteiger partial charge in [0.1, 0.15) is 5.75 Å². The van der Waals surface area contributed by atoms with Gasteiger partial charge in [-0.1, -0.05) is 6.08 Å². The van der Waals surface area contributed by atoms with Crippen molar-refractivity contribution in [1.82, 2.24) is 0 Å². The summed E-state index contributed by atoms with van der Waals surface area (Å²) < 4.78 is 32.5. The summed E-state index contributed by atoms with van der Waals surface area (Å²) in [5.74, 6) is 0.449. The van der Waals surface area contributed by atoms with E-state index in [2.05, 4.69) is 4.72 Å². The van der Waals surface area contributed by atoms with E-state index < -0.39 is 10.0 Å². The Morgan fingerprint density at radius 2 is 1.74 bits per heavy atom. The molecule has 7 heteroatoms. The molecule has 3 aromatic rings. The molecular formula is C20H17NO4S2. The molecule has 3 rings (SSSR count). The van der Waals surface area contributed by atoms with E-state index in [1.54, 1.807) is 41.7 Å². The first-order chi connectivity index (χ1) is 13.0. The van der Waals surface area contributed by atoms with Gasteiger partial charge in [-0.25, -0.2) is 8.42 Å². The molecule has 0 bridgehead atoms. The van der Waals surface area contributed by atoms with Gasteiger partial charge < -0.3 is 4.74 Å². The number of carbonyl (C=O) groups is 1. The van der Waals surface area contributed by atoms with Gasteiger partial charge in [0, 0.05) is 11.3 Å². The van der Waals surface area contributed by atoms with Crippen molar-refractivity contribution in [2.45, 2.75) is 4.90 Å². The minimum atomic E-state index is -3.74. The lowest BCUT2D eigenvalue weighted by molar-refractivity contribution is 0.104. The fourth-order valence-electron chi connectivity index (χ4n) is 2.31. The van der Waals surface area contributed by atoms with Crippen LogP contribution in [0.2, 0.25) is 0 Å². The summed E-state index contributed by atoms with van der Waals surface area (Å²) in [6, 6.07) is 14.3. The Morgan fingerprint density at radius 3 is 2.33 bits per heavy atom. The van der Waals surface area contributed by atoms with E-state index in [0.29, 0.717) is 17.0 Å². The van der Waals surface area contributed by atoms with Crippen LogP contribution < -0.4 is 9.46 Å². The molecular weight excluding hydrogens is 382 g/mol. The lowest BCUT2D eigenvalue weighted by atomic mass is 10.1. The van der Waals surface area contributed by atoms with Crippen LogP contribution in [0, 0.1) is 0 Å². The molecule has 0 aliphatic heterocycles. The van der Waals surface area contributed by atoms with Crippen molar-refractivity contribution in [1.29, 1.82) is 0 Å². The Hall–Kier alpha value is -2.90. The average Bonchev–Trinajstić information content (AvgIpc) is 3.20. The molecule has 0 aliphatic rings. The molecule has 0 saturated carbocycles. The first kappa shape index (κ1) is 18.9. The van der Waals surface area contributed by atoms with Crippen LogP contribution in [0.5, 0.6) is 5.75 Å². The van der Waals surface area contributed by atoms with Gasteiger partial charge in [-0.2, -0.15) is 11.3 Å². The molecule has 138 valence electrons. The third-order valence-electron chi connectivity index (χ3n) is 3.76. The van der Waals surface area contributed by atoms with E-state index in [-0.39, 0.29) is 10.7 Å². The molecule has 27 heavy (non-hydrogen) atoms. The first-order valence-corrected chi connectivity index (χ1v) is 10.4. The molecule has 1 aromatic heterocycles. The molecule has 0 fully saturated rings. The maximum atomic E-state index is 12.5. The molecule has 0 amide bonds. The lowest BCUT2D eigenvalue weighted by Gasteiger charge is -2.09. The predicted octanol–water partition coefficient (Wildman–Crippen LogP) is 4.45. The number of anilines is 1. The Bertz CT molecular complexity index is 1040. The van der Waals surface area contributed by atoms with Crippen molar-refractivity contribution in [3.63, 3.8) is 0 Å². The summed E-state index contributed by atoms with van der Waals surface area (Å²) in [7, 11) is -2.20. The Kier molecular flexibility index (Phi) is 5.73. The van der Waals surface area contributed by atoms with Crippen molar-refractivity contribution < 1.29 is 17.9 Å². The topological polar surface area (TPSA) is 72.5 Å². The van der Waals surface area contributed by atoms with Crippen molar-refractivity contribution in [2.24, 2.45) is 0 Å². The summed E-state index contributed by atoms with van der Waals surface area (Å²) in [5, 5.41) is 3.86. The number of rotatable bonds is 7. The highest BCUT2D eigenvalue weighted by atomic mass is 32.2. The number of allylic oxidation sites excluding steroid dienone is 1. The van der Waals surface area contributed by atoms with Crippen LogP contribution in [0.1, 0.15) is 15.9 Å². The van der Waals surface area contributed by atoms with Gasteiger partial charge in [0.25, 0.3) is 10.0 Å². The molecule has 0 spiro atoms. The van der Waals surface area contributed by atoms with E-state index >= 15 is 0 Å². The van der Waals surface area contributed by atoms with Crippen LogP contribution in [0.4, 0.5) is 5.69 Å². The second-order valence-corrected chi connectivity index (χ2v) is 8.08. The van der Waals surface area contributed by atoms with E-state index in [1.165, 1.54) is 37.5 Å². The third-order valence-corrected chi connectivity index (χ3v) is 5.86. The molecule has 0 radical (unpaired) electrons. The van der Waals surface area contributed by atoms with Crippen LogP contribution in [0.15, 0.2) is 76.3 Å². The van der Waals surface area contributed by atoms with Gasteiger partial charge in [-0.05, 0) is 77.0 Å². The van der Waals surface area contributed by atoms with Gasteiger partial charge in [0.15, 0.2) is 5.78 Å². The minimum Gasteiger partial charge on any atom is -0.497 e. The monoisotopic (exact) mass is 399 g/mol. The van der Waals surface area contributed by atoms with Crippen LogP contribution in [0.3, 0.4) is 0 Å². The molecule has 0 aliphatic carbocycles. The second-order valence-electron chi connectivity index (χ2n) is 5.61. The highest BCUT2D eigenvalue weighted by molar-refractivity contribution is 7.92. The number of carbonyl (C=O) groups excluding carboxylic acids is 1. The Morgan fingerprint density at radius 1 is 1.04 bits per heavy atom. The number of benzene rings is 2. The predicted molar refractivity (Wildman–Crippen MR) is 108 cm³/mol. The minimum absolute atomic E-state index is 0.0803. The smallest absolute Gasteiger partial charge is 0.261 e. The number of thiophene rings is 1. The summed E-state index contributed by atoms with van der Waals surface area (Å²) in [5.41, 5.74) is 1.80. The fourth-order valence-corrected chi connectivity index (χ4v) is 4.00. The fraction of sp³-hybridized carbons (Fsp3) is 0.0500. The molecule has 0 atom stereocenters. The van der Waals surface area contributed by atoms with Crippen LogP contribution in [-0.4, -0.2) is 21.3 Å². The van der Waals surface area contributed by atoms with Gasteiger partial charge >= 0.3 is 0 Å². The summed E-state index contributed by atoms with van der Waals surface area (Å²) in [6.07, 6.45) is 3.20. The normalized spacial score (nSPS) is 11.4. The average molecular weight is 399 g/mol. The molecule has 0 unspecified atom stereocenters. The van der Waals surface area contributed by atoms with E-state index in [1.807, 2.05) is 16.8 Å². The number of sulfonamides is 1. The largest absolute Gasteiger partial charge is 0.497 e. The number of methoxy groups -OCH3 is 1. The van der Waals surface area contributed by atoms with Crippen molar-refractivity contribution in [3.8, 4) is 5.75 Å². The maximum Gasteiger partial charge on any atom is 0.261 e. The van der Waals surface area contributed by atoms with Gasteiger partial charge in [0.05, 0.1) is 12.0 Å². The molecule has 1 heterocycles. The first-order valence-electron chi connectivity index (χ1n) is 7.99. The van der Waals surface area contributed by atoms with Gasteiger partial charge in [0.2, 0.25) is 0 Å².